The molecule has 0 bridgehead atoms. The highest BCUT2D eigenvalue weighted by molar-refractivity contribution is 5.25. The number of hydrogen-bond donors (Lipinski definition) is 1. The largest absolute Gasteiger partial charge is 0.316 e. The summed E-state index contributed by atoms with van der Waals surface area (Å²) in [6, 6.07) is 0. The zero-order valence-electron chi connectivity index (χ0n) is 9.55. The van der Waals surface area contributed by atoms with Gasteiger partial charge in [0.15, 0.2) is 0 Å². The molecule has 0 aliphatic carbocycles. The van der Waals surface area contributed by atoms with Gasteiger partial charge in [0.05, 0.1) is 0 Å². The van der Waals surface area contributed by atoms with Crippen molar-refractivity contribution in [2.75, 3.05) is 26.2 Å². The molecule has 0 unspecified atom stereocenters. The molecule has 0 atom stereocenters. The van der Waals surface area contributed by atoms with Gasteiger partial charge in [-0.2, -0.15) is 0 Å². The standard InChI is InChI=1S/C11H23N3/c1-5-7-14-10-11(6-2,8-12-3)9-13-4/h14H,3-10H2,1-2H3. The van der Waals surface area contributed by atoms with E-state index in [0.717, 1.165) is 39.0 Å². The van der Waals surface area contributed by atoms with E-state index in [0.29, 0.717) is 0 Å². The van der Waals surface area contributed by atoms with Crippen LogP contribution in [0.3, 0.4) is 0 Å². The van der Waals surface area contributed by atoms with Crippen molar-refractivity contribution in [2.45, 2.75) is 26.7 Å². The van der Waals surface area contributed by atoms with Crippen LogP contribution in [0.1, 0.15) is 26.7 Å². The van der Waals surface area contributed by atoms with Gasteiger partial charge in [0.1, 0.15) is 0 Å². The molecule has 0 spiro atoms. The Bertz CT molecular complexity index is 156. The van der Waals surface area contributed by atoms with Crippen LogP contribution in [0.4, 0.5) is 0 Å². The summed E-state index contributed by atoms with van der Waals surface area (Å²) in [6.45, 7) is 15.0. The van der Waals surface area contributed by atoms with Gasteiger partial charge in [0, 0.05) is 25.0 Å². The quantitative estimate of drug-likeness (QED) is 0.444. The third-order valence-electron chi connectivity index (χ3n) is 2.57. The van der Waals surface area contributed by atoms with E-state index < -0.39 is 0 Å². The van der Waals surface area contributed by atoms with Crippen molar-refractivity contribution in [3.63, 3.8) is 0 Å². The van der Waals surface area contributed by atoms with E-state index in [-0.39, 0.29) is 5.41 Å². The molecule has 0 saturated carbocycles. The number of hydrogen-bond acceptors (Lipinski definition) is 3. The van der Waals surface area contributed by atoms with E-state index in [4.69, 9.17) is 0 Å². The van der Waals surface area contributed by atoms with E-state index in [1.807, 2.05) is 0 Å². The van der Waals surface area contributed by atoms with Crippen molar-refractivity contribution < 1.29 is 0 Å². The number of nitrogens with zero attached hydrogens (tertiary/aromatic N) is 2. The predicted octanol–water partition coefficient (Wildman–Crippen LogP) is 1.78. The van der Waals surface area contributed by atoms with E-state index in [1.165, 1.54) is 0 Å². The number of aliphatic imine (C=N–C) groups is 2. The molecule has 0 heterocycles. The fourth-order valence-electron chi connectivity index (χ4n) is 1.52. The van der Waals surface area contributed by atoms with Gasteiger partial charge in [0.25, 0.3) is 0 Å². The fourth-order valence-corrected chi connectivity index (χ4v) is 1.52. The molecule has 0 aromatic heterocycles. The summed E-state index contributed by atoms with van der Waals surface area (Å²) >= 11 is 0. The molecule has 0 amide bonds. The minimum Gasteiger partial charge on any atom is -0.316 e. The van der Waals surface area contributed by atoms with Crippen LogP contribution >= 0.6 is 0 Å². The summed E-state index contributed by atoms with van der Waals surface area (Å²) in [4.78, 5) is 8.00. The minimum absolute atomic E-state index is 0.124. The molecule has 0 aromatic carbocycles. The van der Waals surface area contributed by atoms with Crippen molar-refractivity contribution in [3.8, 4) is 0 Å². The maximum atomic E-state index is 4.00. The zero-order valence-corrected chi connectivity index (χ0v) is 9.55. The van der Waals surface area contributed by atoms with E-state index >= 15 is 0 Å². The molecule has 0 aliphatic heterocycles. The summed E-state index contributed by atoms with van der Waals surface area (Å²) in [5.74, 6) is 0. The summed E-state index contributed by atoms with van der Waals surface area (Å²) in [5.41, 5.74) is 0.124. The highest BCUT2D eigenvalue weighted by Gasteiger charge is 2.26. The van der Waals surface area contributed by atoms with Gasteiger partial charge in [0.2, 0.25) is 0 Å². The molecular weight excluding hydrogens is 174 g/mol. The zero-order chi connectivity index (χ0) is 10.9. The van der Waals surface area contributed by atoms with Crippen LogP contribution in [-0.4, -0.2) is 39.6 Å². The van der Waals surface area contributed by atoms with Gasteiger partial charge in [-0.25, -0.2) is 0 Å². The van der Waals surface area contributed by atoms with Gasteiger partial charge in [-0.15, -0.1) is 0 Å². The smallest absolute Gasteiger partial charge is 0.0468 e. The maximum Gasteiger partial charge on any atom is 0.0468 e. The number of rotatable bonds is 9. The minimum atomic E-state index is 0.124. The molecule has 14 heavy (non-hydrogen) atoms. The highest BCUT2D eigenvalue weighted by Crippen LogP contribution is 2.21. The molecule has 0 fully saturated rings. The number of nitrogens with one attached hydrogen (secondary N) is 1. The molecule has 0 aliphatic rings. The van der Waals surface area contributed by atoms with Gasteiger partial charge < -0.3 is 15.3 Å². The first kappa shape index (κ1) is 13.3. The van der Waals surface area contributed by atoms with Crippen LogP contribution in [0.5, 0.6) is 0 Å². The Morgan fingerprint density at radius 1 is 1.14 bits per heavy atom. The van der Waals surface area contributed by atoms with E-state index in [1.54, 1.807) is 0 Å². The summed E-state index contributed by atoms with van der Waals surface area (Å²) in [5, 5.41) is 3.42. The molecule has 3 nitrogen and oxygen atoms in total. The average Bonchev–Trinajstić information content (AvgIpc) is 2.19. The van der Waals surface area contributed by atoms with Crippen LogP contribution in [0.25, 0.3) is 0 Å². The van der Waals surface area contributed by atoms with Crippen molar-refractivity contribution in [1.29, 1.82) is 0 Å². The molecular formula is C11H23N3. The van der Waals surface area contributed by atoms with Crippen molar-refractivity contribution >= 4 is 13.4 Å². The Morgan fingerprint density at radius 3 is 2.07 bits per heavy atom. The van der Waals surface area contributed by atoms with Crippen molar-refractivity contribution in [1.82, 2.24) is 5.32 Å². The van der Waals surface area contributed by atoms with Crippen molar-refractivity contribution in [2.24, 2.45) is 15.4 Å². The summed E-state index contributed by atoms with van der Waals surface area (Å²) < 4.78 is 0. The molecule has 82 valence electrons. The first-order valence-corrected chi connectivity index (χ1v) is 5.30. The van der Waals surface area contributed by atoms with E-state index in [2.05, 4.69) is 42.6 Å². The van der Waals surface area contributed by atoms with Crippen LogP contribution in [-0.2, 0) is 0 Å². The predicted molar refractivity (Wildman–Crippen MR) is 64.7 cm³/mol. The highest BCUT2D eigenvalue weighted by atomic mass is 14.9. The van der Waals surface area contributed by atoms with Crippen LogP contribution in [0.2, 0.25) is 0 Å². The Balaban J connectivity index is 4.16. The third-order valence-corrected chi connectivity index (χ3v) is 2.57. The fraction of sp³-hybridized carbons (Fsp3) is 0.818. The second-order valence-electron chi connectivity index (χ2n) is 3.79. The lowest BCUT2D eigenvalue weighted by atomic mass is 9.85. The second kappa shape index (κ2) is 7.68. The van der Waals surface area contributed by atoms with Crippen LogP contribution in [0.15, 0.2) is 9.98 Å². The Morgan fingerprint density at radius 2 is 1.71 bits per heavy atom. The van der Waals surface area contributed by atoms with Crippen LogP contribution < -0.4 is 5.32 Å². The molecule has 3 heteroatoms. The van der Waals surface area contributed by atoms with Crippen LogP contribution in [0, 0.1) is 5.41 Å². The van der Waals surface area contributed by atoms with Gasteiger partial charge in [-0.3, -0.25) is 0 Å². The Labute approximate surface area is 87.7 Å². The Hall–Kier alpha value is -0.700. The SMILES string of the molecule is C=NCC(CC)(CN=C)CNCCC. The topological polar surface area (TPSA) is 36.8 Å². The summed E-state index contributed by atoms with van der Waals surface area (Å²) in [6.07, 6.45) is 2.21. The van der Waals surface area contributed by atoms with E-state index in [9.17, 15) is 0 Å². The summed E-state index contributed by atoms with van der Waals surface area (Å²) in [7, 11) is 0. The lowest BCUT2D eigenvalue weighted by Gasteiger charge is -2.29. The maximum absolute atomic E-state index is 4.00. The molecule has 1 N–H and O–H groups in total. The monoisotopic (exact) mass is 197 g/mol. The van der Waals surface area contributed by atoms with Gasteiger partial charge >= 0.3 is 0 Å². The molecule has 0 aromatic rings. The second-order valence-corrected chi connectivity index (χ2v) is 3.79. The average molecular weight is 197 g/mol. The molecule has 0 rings (SSSR count). The first-order valence-electron chi connectivity index (χ1n) is 5.30. The normalized spacial score (nSPS) is 11.3. The molecule has 0 saturated heterocycles. The third kappa shape index (κ3) is 4.51. The lowest BCUT2D eigenvalue weighted by molar-refractivity contribution is 0.284. The first-order chi connectivity index (χ1) is 6.74. The lowest BCUT2D eigenvalue weighted by Crippen LogP contribution is -2.39. The molecule has 0 radical (unpaired) electrons. The van der Waals surface area contributed by atoms with Gasteiger partial charge in [-0.05, 0) is 32.8 Å². The Kier molecular flexibility index (Phi) is 7.30. The van der Waals surface area contributed by atoms with Crippen molar-refractivity contribution in [3.05, 3.63) is 0 Å². The van der Waals surface area contributed by atoms with Gasteiger partial charge in [-0.1, -0.05) is 13.8 Å².